The third-order valence-corrected chi connectivity index (χ3v) is 7.15. The van der Waals surface area contributed by atoms with Crippen LogP contribution in [0.25, 0.3) is 0 Å². The molecule has 2 unspecified atom stereocenters. The van der Waals surface area contributed by atoms with E-state index in [4.69, 9.17) is 16.3 Å². The standard InChI is InChI=1S/C21H21ClF2N2O5S/c1-13(20(27)25-19-9-6-16(23)11-18(19)24)31-21(28)14-3-2-10-26(12-14)32(29,30)17-7-4-15(22)5-8-17/h4-9,11,13-14H,2-3,10,12H2,1H3,(H,25,27). The van der Waals surface area contributed by atoms with Gasteiger partial charge in [-0.3, -0.25) is 9.59 Å². The number of carbonyl (C=O) groups is 2. The number of nitrogens with zero attached hydrogens (tertiary/aromatic N) is 1. The van der Waals surface area contributed by atoms with Gasteiger partial charge in [-0.1, -0.05) is 11.6 Å². The molecule has 1 heterocycles. The van der Waals surface area contributed by atoms with Crippen molar-refractivity contribution >= 4 is 39.2 Å². The lowest BCUT2D eigenvalue weighted by Crippen LogP contribution is -2.44. The van der Waals surface area contributed by atoms with Gasteiger partial charge in [0.25, 0.3) is 5.91 Å². The molecule has 0 aromatic heterocycles. The molecule has 1 N–H and O–H groups in total. The Morgan fingerprint density at radius 3 is 2.53 bits per heavy atom. The second-order valence-electron chi connectivity index (χ2n) is 7.35. The van der Waals surface area contributed by atoms with Crippen molar-refractivity contribution in [2.45, 2.75) is 30.8 Å². The van der Waals surface area contributed by atoms with E-state index in [9.17, 15) is 26.8 Å². The average Bonchev–Trinajstić information content (AvgIpc) is 2.76. The smallest absolute Gasteiger partial charge is 0.311 e. The third-order valence-electron chi connectivity index (χ3n) is 5.02. The summed E-state index contributed by atoms with van der Waals surface area (Å²) < 4.78 is 58.8. The lowest BCUT2D eigenvalue weighted by molar-refractivity contribution is -0.158. The van der Waals surface area contributed by atoms with Gasteiger partial charge in [0.1, 0.15) is 11.6 Å². The molecular weight excluding hydrogens is 466 g/mol. The highest BCUT2D eigenvalue weighted by molar-refractivity contribution is 7.89. The van der Waals surface area contributed by atoms with Crippen LogP contribution in [0.5, 0.6) is 0 Å². The summed E-state index contributed by atoms with van der Waals surface area (Å²) in [4.78, 5) is 24.9. The van der Waals surface area contributed by atoms with Crippen LogP contribution in [0.1, 0.15) is 19.8 Å². The van der Waals surface area contributed by atoms with E-state index in [0.29, 0.717) is 23.9 Å². The molecule has 0 radical (unpaired) electrons. The topological polar surface area (TPSA) is 92.8 Å². The molecule has 32 heavy (non-hydrogen) atoms. The number of halogens is 3. The number of hydrogen-bond acceptors (Lipinski definition) is 5. The van der Waals surface area contributed by atoms with Gasteiger partial charge in [-0.15, -0.1) is 0 Å². The van der Waals surface area contributed by atoms with E-state index in [0.717, 1.165) is 12.1 Å². The van der Waals surface area contributed by atoms with Gasteiger partial charge in [0, 0.05) is 24.2 Å². The lowest BCUT2D eigenvalue weighted by atomic mass is 10.00. The van der Waals surface area contributed by atoms with Crippen LogP contribution in [0.3, 0.4) is 0 Å². The third kappa shape index (κ3) is 5.62. The van der Waals surface area contributed by atoms with E-state index < -0.39 is 45.6 Å². The van der Waals surface area contributed by atoms with Gasteiger partial charge < -0.3 is 10.1 Å². The molecule has 2 atom stereocenters. The normalized spacial score (nSPS) is 18.1. The van der Waals surface area contributed by atoms with Gasteiger partial charge in [0.15, 0.2) is 6.10 Å². The van der Waals surface area contributed by atoms with Crippen LogP contribution in [-0.4, -0.2) is 43.8 Å². The summed E-state index contributed by atoms with van der Waals surface area (Å²) in [6.45, 7) is 1.46. The first kappa shape index (κ1) is 24.1. The number of carbonyl (C=O) groups excluding carboxylic acids is 2. The molecule has 1 aliphatic rings. The fraction of sp³-hybridized carbons (Fsp3) is 0.333. The SMILES string of the molecule is CC(OC(=O)C1CCCN(S(=O)(=O)c2ccc(Cl)cc2)C1)C(=O)Nc1ccc(F)cc1F. The van der Waals surface area contributed by atoms with Crippen molar-refractivity contribution in [3.05, 3.63) is 59.1 Å². The number of esters is 1. The Hall–Kier alpha value is -2.56. The van der Waals surface area contributed by atoms with E-state index in [2.05, 4.69) is 5.32 Å². The molecular formula is C21H21ClF2N2O5S. The Balaban J connectivity index is 1.62. The maximum atomic E-state index is 13.7. The largest absolute Gasteiger partial charge is 0.452 e. The fourth-order valence-corrected chi connectivity index (χ4v) is 4.91. The number of anilines is 1. The first-order chi connectivity index (χ1) is 15.1. The molecule has 1 saturated heterocycles. The summed E-state index contributed by atoms with van der Waals surface area (Å²) in [7, 11) is -3.82. The number of benzene rings is 2. The van der Waals surface area contributed by atoms with Gasteiger partial charge in [0.2, 0.25) is 10.0 Å². The van der Waals surface area contributed by atoms with Gasteiger partial charge in [-0.25, -0.2) is 17.2 Å². The molecule has 2 aromatic rings. The Kier molecular flexibility index (Phi) is 7.47. The molecule has 0 bridgehead atoms. The van der Waals surface area contributed by atoms with Crippen LogP contribution in [0.15, 0.2) is 47.4 Å². The zero-order valence-electron chi connectivity index (χ0n) is 17.1. The predicted molar refractivity (Wildman–Crippen MR) is 113 cm³/mol. The zero-order valence-corrected chi connectivity index (χ0v) is 18.6. The number of nitrogens with one attached hydrogen (secondary N) is 1. The van der Waals surface area contributed by atoms with E-state index in [1.54, 1.807) is 0 Å². The van der Waals surface area contributed by atoms with E-state index in [1.165, 1.54) is 35.5 Å². The minimum absolute atomic E-state index is 0.0602. The van der Waals surface area contributed by atoms with Crippen molar-refractivity contribution in [3.63, 3.8) is 0 Å². The van der Waals surface area contributed by atoms with Crippen molar-refractivity contribution in [3.8, 4) is 0 Å². The van der Waals surface area contributed by atoms with E-state index in [-0.39, 0.29) is 23.7 Å². The second kappa shape index (κ2) is 9.93. The predicted octanol–water partition coefficient (Wildman–Crippen LogP) is 3.59. The molecule has 1 aliphatic heterocycles. The van der Waals surface area contributed by atoms with Crippen molar-refractivity contribution in [2.75, 3.05) is 18.4 Å². The minimum atomic E-state index is -3.82. The Bertz CT molecular complexity index is 1110. The monoisotopic (exact) mass is 486 g/mol. The van der Waals surface area contributed by atoms with Crippen LogP contribution in [0.2, 0.25) is 5.02 Å². The van der Waals surface area contributed by atoms with Crippen LogP contribution < -0.4 is 5.32 Å². The van der Waals surface area contributed by atoms with Gasteiger partial charge in [-0.05, 0) is 56.2 Å². The van der Waals surface area contributed by atoms with Crippen LogP contribution >= 0.6 is 11.6 Å². The number of piperidine rings is 1. The minimum Gasteiger partial charge on any atom is -0.452 e. The van der Waals surface area contributed by atoms with E-state index >= 15 is 0 Å². The summed E-state index contributed by atoms with van der Waals surface area (Å²) >= 11 is 5.81. The quantitative estimate of drug-likeness (QED) is 0.630. The first-order valence-corrected chi connectivity index (χ1v) is 11.6. The highest BCUT2D eigenvalue weighted by atomic mass is 35.5. The molecule has 0 aliphatic carbocycles. The van der Waals surface area contributed by atoms with Crippen LogP contribution in [0.4, 0.5) is 14.5 Å². The van der Waals surface area contributed by atoms with Crippen molar-refractivity contribution in [1.29, 1.82) is 0 Å². The molecule has 1 amide bonds. The summed E-state index contributed by atoms with van der Waals surface area (Å²) in [5.41, 5.74) is -0.253. The molecule has 11 heteroatoms. The molecule has 0 saturated carbocycles. The highest BCUT2D eigenvalue weighted by Gasteiger charge is 2.35. The number of rotatable bonds is 6. The van der Waals surface area contributed by atoms with Gasteiger partial charge in [0.05, 0.1) is 16.5 Å². The summed E-state index contributed by atoms with van der Waals surface area (Å²) in [5.74, 6) is -4.06. The molecule has 1 fully saturated rings. The molecule has 3 rings (SSSR count). The second-order valence-corrected chi connectivity index (χ2v) is 9.72. The van der Waals surface area contributed by atoms with E-state index in [1.807, 2.05) is 0 Å². The number of amides is 1. The Morgan fingerprint density at radius 1 is 1.19 bits per heavy atom. The zero-order chi connectivity index (χ0) is 23.5. The summed E-state index contributed by atoms with van der Waals surface area (Å²) in [6.07, 6.45) is -0.435. The highest BCUT2D eigenvalue weighted by Crippen LogP contribution is 2.26. The summed E-state index contributed by atoms with van der Waals surface area (Å²) in [5, 5.41) is 2.63. The Morgan fingerprint density at radius 2 is 1.88 bits per heavy atom. The maximum Gasteiger partial charge on any atom is 0.311 e. The lowest BCUT2D eigenvalue weighted by Gasteiger charge is -2.31. The summed E-state index contributed by atoms with van der Waals surface area (Å²) in [6, 6.07) is 8.36. The van der Waals surface area contributed by atoms with Crippen LogP contribution in [-0.2, 0) is 24.3 Å². The number of ether oxygens (including phenoxy) is 1. The molecule has 2 aromatic carbocycles. The van der Waals surface area contributed by atoms with Crippen LogP contribution in [0, 0.1) is 17.6 Å². The van der Waals surface area contributed by atoms with Crippen molar-refractivity contribution in [1.82, 2.24) is 4.31 Å². The number of sulfonamides is 1. The van der Waals surface area contributed by atoms with Gasteiger partial charge >= 0.3 is 5.97 Å². The molecule has 0 spiro atoms. The van der Waals surface area contributed by atoms with Crippen molar-refractivity contribution < 1.29 is 31.5 Å². The first-order valence-electron chi connectivity index (χ1n) is 9.80. The fourth-order valence-electron chi connectivity index (χ4n) is 3.26. The average molecular weight is 487 g/mol. The molecule has 172 valence electrons. The van der Waals surface area contributed by atoms with Crippen molar-refractivity contribution in [2.24, 2.45) is 5.92 Å². The van der Waals surface area contributed by atoms with Gasteiger partial charge in [-0.2, -0.15) is 4.31 Å². The molecule has 7 nitrogen and oxygen atoms in total. The Labute approximate surface area is 189 Å². The maximum absolute atomic E-state index is 13.7. The number of hydrogen-bond donors (Lipinski definition) is 1.